The van der Waals surface area contributed by atoms with Crippen molar-refractivity contribution in [3.8, 4) is 0 Å². The van der Waals surface area contributed by atoms with Gasteiger partial charge in [0.2, 0.25) is 5.91 Å². The van der Waals surface area contributed by atoms with Crippen LogP contribution in [-0.2, 0) is 4.79 Å². The van der Waals surface area contributed by atoms with Crippen molar-refractivity contribution in [2.75, 3.05) is 25.0 Å². The molecule has 1 heterocycles. The van der Waals surface area contributed by atoms with Gasteiger partial charge in [-0.05, 0) is 50.2 Å². The van der Waals surface area contributed by atoms with Gasteiger partial charge in [0.15, 0.2) is 0 Å². The van der Waals surface area contributed by atoms with Gasteiger partial charge in [-0.1, -0.05) is 35.2 Å². The maximum absolute atomic E-state index is 12.0. The van der Waals surface area contributed by atoms with Crippen LogP contribution >= 0.6 is 15.9 Å². The van der Waals surface area contributed by atoms with E-state index in [2.05, 4.69) is 26.1 Å². The van der Waals surface area contributed by atoms with Gasteiger partial charge < -0.3 is 5.32 Å². The van der Waals surface area contributed by atoms with Crippen molar-refractivity contribution in [2.24, 2.45) is 0 Å². The number of nitrogens with zero attached hydrogens (tertiary/aromatic N) is 1. The minimum atomic E-state index is 0.0860. The van der Waals surface area contributed by atoms with Gasteiger partial charge in [-0.15, -0.1) is 0 Å². The predicted octanol–water partition coefficient (Wildman–Crippen LogP) is 3.65. The molecule has 3 nitrogen and oxygen atoms in total. The molecule has 1 amide bonds. The van der Waals surface area contributed by atoms with E-state index in [1.54, 1.807) is 0 Å². The van der Waals surface area contributed by atoms with Crippen molar-refractivity contribution in [1.82, 2.24) is 4.90 Å². The number of nitrogens with one attached hydrogen (secondary N) is 1. The minimum Gasteiger partial charge on any atom is -0.325 e. The topological polar surface area (TPSA) is 32.3 Å². The van der Waals surface area contributed by atoms with E-state index in [0.29, 0.717) is 6.54 Å². The Kier molecular flexibility index (Phi) is 5.86. The van der Waals surface area contributed by atoms with E-state index in [4.69, 9.17) is 0 Å². The van der Waals surface area contributed by atoms with Crippen LogP contribution in [0.3, 0.4) is 0 Å². The molecule has 0 unspecified atom stereocenters. The molecule has 0 spiro atoms. The lowest BCUT2D eigenvalue weighted by Crippen LogP contribution is -2.35. The Morgan fingerprint density at radius 3 is 2.26 bits per heavy atom. The summed E-state index contributed by atoms with van der Waals surface area (Å²) in [6.45, 7) is 2.61. The molecule has 19 heavy (non-hydrogen) atoms. The van der Waals surface area contributed by atoms with E-state index in [0.717, 1.165) is 23.2 Å². The average molecular weight is 325 g/mol. The predicted molar refractivity (Wildman–Crippen MR) is 82.3 cm³/mol. The van der Waals surface area contributed by atoms with E-state index in [-0.39, 0.29) is 5.91 Å². The van der Waals surface area contributed by atoms with E-state index in [1.807, 2.05) is 24.3 Å². The summed E-state index contributed by atoms with van der Waals surface area (Å²) in [6, 6.07) is 7.70. The van der Waals surface area contributed by atoms with E-state index >= 15 is 0 Å². The summed E-state index contributed by atoms with van der Waals surface area (Å²) in [5.74, 6) is 0.0860. The maximum Gasteiger partial charge on any atom is 0.238 e. The molecular weight excluding hydrogens is 304 g/mol. The fourth-order valence-electron chi connectivity index (χ4n) is 2.41. The van der Waals surface area contributed by atoms with Crippen LogP contribution in [0.4, 0.5) is 5.69 Å². The van der Waals surface area contributed by atoms with Crippen LogP contribution in [0, 0.1) is 0 Å². The van der Waals surface area contributed by atoms with Crippen LogP contribution in [0.25, 0.3) is 0 Å². The second-order valence-corrected chi connectivity index (χ2v) is 6.01. The highest BCUT2D eigenvalue weighted by atomic mass is 79.9. The summed E-state index contributed by atoms with van der Waals surface area (Å²) >= 11 is 3.39. The first-order valence-corrected chi connectivity index (χ1v) is 7.81. The zero-order valence-corrected chi connectivity index (χ0v) is 12.8. The van der Waals surface area contributed by atoms with Crippen LogP contribution in [0.2, 0.25) is 0 Å². The molecule has 0 atom stereocenters. The Labute approximate surface area is 123 Å². The number of anilines is 1. The van der Waals surface area contributed by atoms with E-state index in [9.17, 15) is 4.79 Å². The van der Waals surface area contributed by atoms with Crippen molar-refractivity contribution in [2.45, 2.75) is 32.1 Å². The summed E-state index contributed by atoms with van der Waals surface area (Å²) in [7, 11) is 0. The fourth-order valence-corrected chi connectivity index (χ4v) is 2.67. The molecule has 1 fully saturated rings. The van der Waals surface area contributed by atoms with Gasteiger partial charge in [0.05, 0.1) is 6.54 Å². The molecule has 1 aromatic rings. The van der Waals surface area contributed by atoms with Gasteiger partial charge in [-0.25, -0.2) is 0 Å². The van der Waals surface area contributed by atoms with Crippen LogP contribution in [-0.4, -0.2) is 30.4 Å². The van der Waals surface area contributed by atoms with Crippen molar-refractivity contribution >= 4 is 27.5 Å². The Morgan fingerprint density at radius 2 is 1.63 bits per heavy atom. The second-order valence-electron chi connectivity index (χ2n) is 5.10. The Morgan fingerprint density at radius 1 is 1.05 bits per heavy atom. The Hall–Kier alpha value is -0.870. The fraction of sp³-hybridized carbons (Fsp3) is 0.533. The zero-order chi connectivity index (χ0) is 13.5. The van der Waals surface area contributed by atoms with Crippen LogP contribution in [0.1, 0.15) is 32.1 Å². The summed E-state index contributed by atoms with van der Waals surface area (Å²) in [5, 5.41) is 2.95. The number of hydrogen-bond acceptors (Lipinski definition) is 2. The smallest absolute Gasteiger partial charge is 0.238 e. The standard InChI is InChI=1S/C15H21BrN2O/c16-13-6-8-14(9-7-13)17-15(19)12-18-10-4-2-1-3-5-11-18/h6-9H,1-5,10-12H2,(H,17,19). The normalized spacial score (nSPS) is 17.5. The van der Waals surface area contributed by atoms with Crippen LogP contribution in [0.5, 0.6) is 0 Å². The summed E-state index contributed by atoms with van der Waals surface area (Å²) in [6.07, 6.45) is 6.37. The number of carbonyl (C=O) groups excluding carboxylic acids is 1. The quantitative estimate of drug-likeness (QED) is 0.920. The zero-order valence-electron chi connectivity index (χ0n) is 11.2. The molecule has 0 saturated carbocycles. The van der Waals surface area contributed by atoms with Gasteiger partial charge in [0.25, 0.3) is 0 Å². The van der Waals surface area contributed by atoms with Crippen molar-refractivity contribution in [3.05, 3.63) is 28.7 Å². The third-order valence-electron chi connectivity index (χ3n) is 3.44. The van der Waals surface area contributed by atoms with Gasteiger partial charge in [-0.2, -0.15) is 0 Å². The lowest BCUT2D eigenvalue weighted by molar-refractivity contribution is -0.117. The molecule has 1 aromatic carbocycles. The van der Waals surface area contributed by atoms with E-state index in [1.165, 1.54) is 32.1 Å². The molecule has 0 aromatic heterocycles. The highest BCUT2D eigenvalue weighted by Gasteiger charge is 2.12. The highest BCUT2D eigenvalue weighted by Crippen LogP contribution is 2.14. The highest BCUT2D eigenvalue weighted by molar-refractivity contribution is 9.10. The maximum atomic E-state index is 12.0. The molecule has 0 bridgehead atoms. The Bertz CT molecular complexity index is 397. The third kappa shape index (κ3) is 5.33. The summed E-state index contributed by atoms with van der Waals surface area (Å²) < 4.78 is 1.02. The number of benzene rings is 1. The van der Waals surface area contributed by atoms with Gasteiger partial charge in [-0.3, -0.25) is 9.69 Å². The van der Waals surface area contributed by atoms with Crippen molar-refractivity contribution in [3.63, 3.8) is 0 Å². The van der Waals surface area contributed by atoms with Crippen LogP contribution < -0.4 is 5.32 Å². The average Bonchev–Trinajstić information content (AvgIpc) is 2.35. The molecule has 104 valence electrons. The number of halogens is 1. The second kappa shape index (κ2) is 7.65. The minimum absolute atomic E-state index is 0.0860. The molecule has 1 N–H and O–H groups in total. The first-order chi connectivity index (χ1) is 9.24. The summed E-state index contributed by atoms with van der Waals surface area (Å²) in [5.41, 5.74) is 0.861. The molecule has 1 aliphatic rings. The number of rotatable bonds is 3. The largest absolute Gasteiger partial charge is 0.325 e. The lowest BCUT2D eigenvalue weighted by atomic mass is 10.1. The number of likely N-dealkylation sites (tertiary alicyclic amines) is 1. The van der Waals surface area contributed by atoms with Gasteiger partial charge >= 0.3 is 0 Å². The van der Waals surface area contributed by atoms with Crippen LogP contribution in [0.15, 0.2) is 28.7 Å². The lowest BCUT2D eigenvalue weighted by Gasteiger charge is -2.23. The van der Waals surface area contributed by atoms with Gasteiger partial charge in [0.1, 0.15) is 0 Å². The molecule has 1 saturated heterocycles. The molecule has 0 aliphatic carbocycles. The first kappa shape index (κ1) is 14.5. The monoisotopic (exact) mass is 324 g/mol. The number of carbonyl (C=O) groups is 1. The summed E-state index contributed by atoms with van der Waals surface area (Å²) in [4.78, 5) is 14.3. The van der Waals surface area contributed by atoms with Crippen molar-refractivity contribution in [1.29, 1.82) is 0 Å². The number of amides is 1. The molecular formula is C15H21BrN2O. The first-order valence-electron chi connectivity index (χ1n) is 7.02. The SMILES string of the molecule is O=C(CN1CCCCCCC1)Nc1ccc(Br)cc1. The van der Waals surface area contributed by atoms with Gasteiger partial charge in [0, 0.05) is 10.2 Å². The number of hydrogen-bond donors (Lipinski definition) is 1. The molecule has 4 heteroatoms. The van der Waals surface area contributed by atoms with Crippen molar-refractivity contribution < 1.29 is 4.79 Å². The Balaban J connectivity index is 1.80. The van der Waals surface area contributed by atoms with E-state index < -0.39 is 0 Å². The molecule has 1 aliphatic heterocycles. The molecule has 2 rings (SSSR count). The third-order valence-corrected chi connectivity index (χ3v) is 3.97. The molecule has 0 radical (unpaired) electrons.